The molecular weight excluding hydrogens is 486 g/mol. The fraction of sp³-hybridized carbons (Fsp3) is 0.393. The Bertz CT molecular complexity index is 1370. The second-order valence-corrected chi connectivity index (χ2v) is 9.90. The third-order valence-electron chi connectivity index (χ3n) is 5.97. The van der Waals surface area contributed by atoms with Crippen LogP contribution in [0, 0.1) is 11.3 Å². The van der Waals surface area contributed by atoms with E-state index < -0.39 is 11.7 Å². The van der Waals surface area contributed by atoms with Gasteiger partial charge in [0.2, 0.25) is 11.7 Å². The Balaban J connectivity index is 1.42. The molecule has 1 aliphatic rings. The Morgan fingerprint density at radius 3 is 2.55 bits per heavy atom. The largest absolute Gasteiger partial charge is 0.492 e. The molecule has 0 bridgehead atoms. The van der Waals surface area contributed by atoms with Gasteiger partial charge in [-0.15, -0.1) is 0 Å². The monoisotopic (exact) mass is 517 g/mol. The molecule has 0 radical (unpaired) electrons. The van der Waals surface area contributed by atoms with Crippen LogP contribution < -0.4 is 10.1 Å². The van der Waals surface area contributed by atoms with Gasteiger partial charge in [-0.2, -0.15) is 10.2 Å². The molecule has 0 saturated heterocycles. The Hall–Kier alpha value is -4.39. The summed E-state index contributed by atoms with van der Waals surface area (Å²) in [6.45, 7) is 8.63. The summed E-state index contributed by atoms with van der Waals surface area (Å²) in [5.74, 6) is 1.11. The minimum atomic E-state index is -0.623. The van der Waals surface area contributed by atoms with Gasteiger partial charge in [-0.3, -0.25) is 4.79 Å². The van der Waals surface area contributed by atoms with E-state index in [1.54, 1.807) is 43.9 Å². The highest BCUT2D eigenvalue weighted by Crippen LogP contribution is 2.28. The molecular formula is C28H31N5O5. The number of benzene rings is 2. The van der Waals surface area contributed by atoms with Crippen LogP contribution in [0.3, 0.4) is 0 Å². The maximum atomic E-state index is 12.7. The number of amides is 2. The zero-order valence-corrected chi connectivity index (χ0v) is 22.0. The summed E-state index contributed by atoms with van der Waals surface area (Å²) in [6.07, 6.45) is 0.757. The molecule has 0 aliphatic carbocycles. The smallest absolute Gasteiger partial charge is 0.408 e. The highest BCUT2D eigenvalue weighted by molar-refractivity contribution is 5.82. The summed E-state index contributed by atoms with van der Waals surface area (Å²) in [5.41, 5.74) is 3.47. The number of ether oxygens (including phenoxy) is 2. The molecule has 10 heteroatoms. The van der Waals surface area contributed by atoms with E-state index in [4.69, 9.17) is 14.0 Å². The number of aromatic nitrogens is 2. The van der Waals surface area contributed by atoms with Gasteiger partial charge >= 0.3 is 6.09 Å². The molecule has 2 aromatic carbocycles. The van der Waals surface area contributed by atoms with Crippen LogP contribution in [0.25, 0.3) is 22.8 Å². The lowest BCUT2D eigenvalue weighted by atomic mass is 10.00. The minimum absolute atomic E-state index is 0.110. The zero-order chi connectivity index (χ0) is 27.3. The van der Waals surface area contributed by atoms with Crippen molar-refractivity contribution in [1.29, 1.82) is 5.26 Å². The first-order chi connectivity index (χ1) is 18.2. The molecule has 0 atom stereocenters. The summed E-state index contributed by atoms with van der Waals surface area (Å²) in [6, 6.07) is 13.3. The van der Waals surface area contributed by atoms with E-state index in [0.717, 1.165) is 16.7 Å². The Labute approximate surface area is 221 Å². The van der Waals surface area contributed by atoms with Gasteiger partial charge in [0.05, 0.1) is 12.2 Å². The molecule has 0 unspecified atom stereocenters. The number of hydrogen-bond donors (Lipinski definition) is 1. The highest BCUT2D eigenvalue weighted by Gasteiger charge is 2.22. The number of fused-ring (bicyclic) bond motifs is 1. The maximum absolute atomic E-state index is 12.7. The molecule has 38 heavy (non-hydrogen) atoms. The van der Waals surface area contributed by atoms with Gasteiger partial charge in [-0.05, 0) is 75.9 Å². The number of carbonyl (C=O) groups excluding carboxylic acids is 2. The van der Waals surface area contributed by atoms with Crippen LogP contribution in [-0.4, -0.2) is 58.9 Å². The average molecular weight is 518 g/mol. The summed E-state index contributed by atoms with van der Waals surface area (Å²) in [4.78, 5) is 30.9. The van der Waals surface area contributed by atoms with E-state index in [-0.39, 0.29) is 12.5 Å². The van der Waals surface area contributed by atoms with Crippen LogP contribution in [0.5, 0.6) is 5.75 Å². The van der Waals surface area contributed by atoms with Crippen molar-refractivity contribution in [1.82, 2.24) is 20.4 Å². The number of carbonyl (C=O) groups is 2. The fourth-order valence-corrected chi connectivity index (χ4v) is 4.18. The van der Waals surface area contributed by atoms with Crippen molar-refractivity contribution >= 4 is 12.0 Å². The first-order valence-electron chi connectivity index (χ1n) is 12.5. The third kappa shape index (κ3) is 6.48. The van der Waals surface area contributed by atoms with Crippen LogP contribution in [-0.2, 0) is 22.4 Å². The normalized spacial score (nSPS) is 13.2. The molecule has 4 rings (SSSR count). The summed E-state index contributed by atoms with van der Waals surface area (Å²) in [5, 5.41) is 16.1. The summed E-state index contributed by atoms with van der Waals surface area (Å²) in [7, 11) is 0. The molecule has 198 valence electrons. The number of nitrogens with zero attached hydrogens (tertiary/aromatic N) is 4. The minimum Gasteiger partial charge on any atom is -0.492 e. The quantitative estimate of drug-likeness (QED) is 0.517. The first-order valence-corrected chi connectivity index (χ1v) is 12.5. The van der Waals surface area contributed by atoms with E-state index in [2.05, 4.69) is 21.5 Å². The lowest BCUT2D eigenvalue weighted by Crippen LogP contribution is -2.42. The van der Waals surface area contributed by atoms with Gasteiger partial charge in [-0.1, -0.05) is 17.3 Å². The van der Waals surface area contributed by atoms with Crippen LogP contribution in [0.15, 0.2) is 40.9 Å². The molecule has 2 amide bonds. The van der Waals surface area contributed by atoms with E-state index in [0.29, 0.717) is 61.1 Å². The standard InChI is InChI=1S/C28H31N5O5/c1-5-36-23-9-8-21(15-22(23)16-29)26-31-25(32-38-26)20-7-6-18-10-12-33(13-11-19(18)14-20)24(34)17-30-27(35)37-28(2,3)4/h6-9,14-15H,5,10-13,17H2,1-4H3,(H,30,35). The van der Waals surface area contributed by atoms with Crippen molar-refractivity contribution in [3.63, 3.8) is 0 Å². The number of alkyl carbamates (subject to hydrolysis) is 1. The van der Waals surface area contributed by atoms with Crippen LogP contribution in [0.2, 0.25) is 0 Å². The van der Waals surface area contributed by atoms with Gasteiger partial charge in [0, 0.05) is 24.2 Å². The van der Waals surface area contributed by atoms with Crippen LogP contribution in [0.4, 0.5) is 4.79 Å². The van der Waals surface area contributed by atoms with Crippen molar-refractivity contribution in [2.24, 2.45) is 0 Å². The lowest BCUT2D eigenvalue weighted by molar-refractivity contribution is -0.130. The van der Waals surface area contributed by atoms with Crippen molar-refractivity contribution in [2.45, 2.75) is 46.1 Å². The van der Waals surface area contributed by atoms with Crippen LogP contribution >= 0.6 is 0 Å². The predicted octanol–water partition coefficient (Wildman–Crippen LogP) is 4.13. The van der Waals surface area contributed by atoms with Crippen molar-refractivity contribution in [2.75, 3.05) is 26.2 Å². The number of rotatable bonds is 6. The SMILES string of the molecule is CCOc1ccc(-c2nc(-c3ccc4c(c3)CCN(C(=O)CNC(=O)OC(C)(C)C)CC4)no2)cc1C#N. The topological polar surface area (TPSA) is 131 Å². The van der Waals surface area contributed by atoms with Gasteiger partial charge < -0.3 is 24.2 Å². The van der Waals surface area contributed by atoms with E-state index in [9.17, 15) is 14.9 Å². The maximum Gasteiger partial charge on any atom is 0.408 e. The second-order valence-electron chi connectivity index (χ2n) is 9.90. The number of hydrogen-bond acceptors (Lipinski definition) is 8. The fourth-order valence-electron chi connectivity index (χ4n) is 4.18. The molecule has 1 aromatic heterocycles. The Morgan fingerprint density at radius 1 is 1.11 bits per heavy atom. The lowest BCUT2D eigenvalue weighted by Gasteiger charge is -2.22. The molecule has 0 saturated carbocycles. The number of nitriles is 1. The predicted molar refractivity (Wildman–Crippen MR) is 139 cm³/mol. The summed E-state index contributed by atoms with van der Waals surface area (Å²) < 4.78 is 16.2. The van der Waals surface area contributed by atoms with Gasteiger partial charge in [-0.25, -0.2) is 4.79 Å². The van der Waals surface area contributed by atoms with Crippen molar-refractivity contribution in [3.8, 4) is 34.7 Å². The third-order valence-corrected chi connectivity index (χ3v) is 5.97. The van der Waals surface area contributed by atoms with Gasteiger partial charge in [0.25, 0.3) is 5.89 Å². The number of nitrogens with one attached hydrogen (secondary N) is 1. The second kappa shape index (κ2) is 11.3. The van der Waals surface area contributed by atoms with Crippen molar-refractivity contribution in [3.05, 3.63) is 53.1 Å². The van der Waals surface area contributed by atoms with E-state index >= 15 is 0 Å². The average Bonchev–Trinajstić information content (AvgIpc) is 3.27. The van der Waals surface area contributed by atoms with E-state index in [1.165, 1.54) is 0 Å². The molecule has 1 aliphatic heterocycles. The first kappa shape index (κ1) is 26.7. The van der Waals surface area contributed by atoms with Gasteiger partial charge in [0.1, 0.15) is 24.0 Å². The summed E-state index contributed by atoms with van der Waals surface area (Å²) >= 11 is 0. The Morgan fingerprint density at radius 2 is 1.84 bits per heavy atom. The Kier molecular flexibility index (Phi) is 7.96. The zero-order valence-electron chi connectivity index (χ0n) is 22.0. The molecule has 1 N–H and O–H groups in total. The van der Waals surface area contributed by atoms with Gasteiger partial charge in [0.15, 0.2) is 0 Å². The highest BCUT2D eigenvalue weighted by atomic mass is 16.6. The molecule has 0 spiro atoms. The molecule has 0 fully saturated rings. The molecule has 2 heterocycles. The van der Waals surface area contributed by atoms with Crippen molar-refractivity contribution < 1.29 is 23.6 Å². The molecule has 3 aromatic rings. The molecule has 10 nitrogen and oxygen atoms in total. The van der Waals surface area contributed by atoms with Crippen LogP contribution in [0.1, 0.15) is 44.4 Å². The van der Waals surface area contributed by atoms with E-state index in [1.807, 2.05) is 25.1 Å².